The number of nitrogens with two attached hydrogens (primary N) is 4. The summed E-state index contributed by atoms with van der Waals surface area (Å²) < 4.78 is 0. The Kier molecular flexibility index (Phi) is 14.9. The van der Waals surface area contributed by atoms with E-state index >= 15 is 0 Å². The van der Waals surface area contributed by atoms with Crippen LogP contribution in [0.4, 0.5) is 0 Å². The Labute approximate surface area is 280 Å². The highest BCUT2D eigenvalue weighted by molar-refractivity contribution is 5.95. The summed E-state index contributed by atoms with van der Waals surface area (Å²) in [5.74, 6) is -1.97. The molecule has 0 spiro atoms. The third kappa shape index (κ3) is 11.7. The molecule has 2 aromatic rings. The van der Waals surface area contributed by atoms with Crippen molar-refractivity contribution in [2.45, 2.75) is 75.5 Å². The fraction of sp³-hybridized carbons (Fsp3) is 0.485. The van der Waals surface area contributed by atoms with Gasteiger partial charge in [-0.25, -0.2) is 0 Å². The van der Waals surface area contributed by atoms with E-state index in [2.05, 4.69) is 20.9 Å². The van der Waals surface area contributed by atoms with Crippen molar-refractivity contribution in [3.05, 3.63) is 59.7 Å². The summed E-state index contributed by atoms with van der Waals surface area (Å²) >= 11 is 0. The molecule has 1 aliphatic heterocycles. The first-order chi connectivity index (χ1) is 23.0. The van der Waals surface area contributed by atoms with E-state index in [1.165, 1.54) is 17.0 Å². The Bertz CT molecular complexity index is 1380. The normalized spacial score (nSPS) is 16.0. The quantitative estimate of drug-likeness (QED) is 0.0531. The number of hydrogen-bond acceptors (Lipinski definition) is 9. The Balaban J connectivity index is 1.73. The van der Waals surface area contributed by atoms with Crippen LogP contribution in [0.3, 0.4) is 0 Å². The molecule has 48 heavy (non-hydrogen) atoms. The minimum atomic E-state index is -0.996. The molecular formula is C33H49N9O6. The Morgan fingerprint density at radius 1 is 0.875 bits per heavy atom. The van der Waals surface area contributed by atoms with Crippen LogP contribution >= 0.6 is 0 Å². The molecule has 262 valence electrons. The van der Waals surface area contributed by atoms with Gasteiger partial charge in [-0.2, -0.15) is 0 Å². The van der Waals surface area contributed by atoms with Crippen LogP contribution < -0.4 is 38.9 Å². The predicted molar refractivity (Wildman–Crippen MR) is 181 cm³/mol. The van der Waals surface area contributed by atoms with E-state index in [1.54, 1.807) is 36.4 Å². The zero-order chi connectivity index (χ0) is 35.1. The summed E-state index contributed by atoms with van der Waals surface area (Å²) in [6, 6.07) is 9.47. The summed E-state index contributed by atoms with van der Waals surface area (Å²) in [4.78, 5) is 58.7. The van der Waals surface area contributed by atoms with Crippen LogP contribution in [0.5, 0.6) is 11.5 Å². The maximum absolute atomic E-state index is 14.1. The number of guanidine groups is 1. The van der Waals surface area contributed by atoms with Crippen molar-refractivity contribution in [3.63, 3.8) is 0 Å². The molecule has 0 saturated carbocycles. The number of benzene rings is 2. The van der Waals surface area contributed by atoms with Gasteiger partial charge in [-0.15, -0.1) is 0 Å². The van der Waals surface area contributed by atoms with Crippen LogP contribution in [0.25, 0.3) is 0 Å². The van der Waals surface area contributed by atoms with E-state index in [0.717, 1.165) is 5.56 Å². The topological polar surface area (TPSA) is 265 Å². The maximum atomic E-state index is 14.1. The molecule has 0 bridgehead atoms. The van der Waals surface area contributed by atoms with Gasteiger partial charge in [0, 0.05) is 19.6 Å². The van der Waals surface area contributed by atoms with Gasteiger partial charge in [0.15, 0.2) is 5.96 Å². The predicted octanol–water partition coefficient (Wildman–Crippen LogP) is -0.400. The van der Waals surface area contributed by atoms with Gasteiger partial charge in [0.1, 0.15) is 35.7 Å². The molecule has 0 radical (unpaired) electrons. The second-order valence-electron chi connectivity index (χ2n) is 11.8. The van der Waals surface area contributed by atoms with Gasteiger partial charge in [-0.05, 0) is 93.3 Å². The minimum Gasteiger partial charge on any atom is -0.508 e. The highest BCUT2D eigenvalue weighted by atomic mass is 16.3. The van der Waals surface area contributed by atoms with E-state index < -0.39 is 41.9 Å². The molecule has 4 atom stereocenters. The Morgan fingerprint density at radius 3 is 2.15 bits per heavy atom. The summed E-state index contributed by atoms with van der Waals surface area (Å²) in [7, 11) is 0. The number of nitrogens with zero attached hydrogens (tertiary/aromatic N) is 2. The summed E-state index contributed by atoms with van der Waals surface area (Å²) in [5, 5.41) is 28.2. The van der Waals surface area contributed by atoms with E-state index in [9.17, 15) is 29.4 Å². The number of aromatic hydroxyl groups is 2. The van der Waals surface area contributed by atoms with E-state index in [-0.39, 0.29) is 42.8 Å². The fourth-order valence-corrected chi connectivity index (χ4v) is 5.60. The first kappa shape index (κ1) is 37.6. The lowest BCUT2D eigenvalue weighted by Gasteiger charge is -2.30. The fourth-order valence-electron chi connectivity index (χ4n) is 5.60. The average Bonchev–Trinajstić information content (AvgIpc) is 3.55. The van der Waals surface area contributed by atoms with Crippen molar-refractivity contribution in [1.82, 2.24) is 20.9 Å². The van der Waals surface area contributed by atoms with E-state index in [1.807, 2.05) is 0 Å². The Hall–Kier alpha value is -4.89. The molecule has 15 heteroatoms. The first-order valence-electron chi connectivity index (χ1n) is 16.3. The monoisotopic (exact) mass is 667 g/mol. The summed E-state index contributed by atoms with van der Waals surface area (Å²) in [5.41, 5.74) is 23.5. The number of amides is 4. The zero-order valence-electron chi connectivity index (χ0n) is 27.1. The number of phenols is 2. The van der Waals surface area contributed by atoms with Crippen LogP contribution in [-0.2, 0) is 25.6 Å². The largest absolute Gasteiger partial charge is 0.508 e. The van der Waals surface area contributed by atoms with Gasteiger partial charge in [-0.1, -0.05) is 24.3 Å². The number of aliphatic imine (C=N–C) groups is 1. The number of likely N-dealkylation sites (tertiary alicyclic amines) is 1. The van der Waals surface area contributed by atoms with Gasteiger partial charge < -0.3 is 54.0 Å². The second kappa shape index (κ2) is 19.1. The van der Waals surface area contributed by atoms with Gasteiger partial charge in [0.25, 0.3) is 0 Å². The van der Waals surface area contributed by atoms with Crippen LogP contribution in [-0.4, -0.2) is 89.0 Å². The highest BCUT2D eigenvalue weighted by Crippen LogP contribution is 2.25. The molecule has 1 saturated heterocycles. The lowest BCUT2D eigenvalue weighted by atomic mass is 10.0. The SMILES string of the molecule is NCCCC[C@H](NC(=O)[C@@H]1CCCN1C(=O)[C@@H](NCCc1ccc(O)cc1)c1ccc(O)cc1)C(=O)N[C@@H](CCCN=C(N)N)C(N)=O. The molecular weight excluding hydrogens is 618 g/mol. The number of unbranched alkanes of at least 4 members (excludes halogenated alkanes) is 1. The van der Waals surface area contributed by atoms with Crippen molar-refractivity contribution >= 4 is 29.6 Å². The minimum absolute atomic E-state index is 0.0544. The van der Waals surface area contributed by atoms with Crippen molar-refractivity contribution in [3.8, 4) is 11.5 Å². The second-order valence-corrected chi connectivity index (χ2v) is 11.8. The van der Waals surface area contributed by atoms with Crippen molar-refractivity contribution < 1.29 is 29.4 Å². The Morgan fingerprint density at radius 2 is 1.52 bits per heavy atom. The molecule has 2 aromatic carbocycles. The number of nitrogens with one attached hydrogen (secondary N) is 3. The molecule has 0 aromatic heterocycles. The molecule has 1 heterocycles. The molecule has 1 fully saturated rings. The molecule has 3 rings (SSSR count). The average molecular weight is 668 g/mol. The summed E-state index contributed by atoms with van der Waals surface area (Å²) in [6.45, 7) is 1.42. The number of carbonyl (C=O) groups is 4. The van der Waals surface area contributed by atoms with Gasteiger partial charge in [0.2, 0.25) is 23.6 Å². The third-order valence-corrected chi connectivity index (χ3v) is 8.20. The lowest BCUT2D eigenvalue weighted by Crippen LogP contribution is -2.56. The van der Waals surface area contributed by atoms with Crippen LogP contribution in [0.1, 0.15) is 62.1 Å². The molecule has 13 N–H and O–H groups in total. The third-order valence-electron chi connectivity index (χ3n) is 8.20. The molecule has 15 nitrogen and oxygen atoms in total. The van der Waals surface area contributed by atoms with Crippen LogP contribution in [0, 0.1) is 0 Å². The van der Waals surface area contributed by atoms with Gasteiger partial charge >= 0.3 is 0 Å². The lowest BCUT2D eigenvalue weighted by molar-refractivity contribution is -0.141. The first-order valence-corrected chi connectivity index (χ1v) is 16.3. The standard InChI is InChI=1S/C33H49N9O6/c34-17-2-1-5-26(30(46)40-25(29(35)45)6-3-18-39-33(36)37)41-31(47)27-7-4-20-42(27)32(48)28(22-10-14-24(44)15-11-22)38-19-16-21-8-12-23(43)13-9-21/h8-15,25-28,38,43-44H,1-7,16-20,34H2,(H2,35,45)(H,40,46)(H,41,47)(H4,36,37,39)/t25-,26-,27-,28-/m0/s1. The van der Waals surface area contributed by atoms with Crippen molar-refractivity contribution in [2.75, 3.05) is 26.2 Å². The van der Waals surface area contributed by atoms with Crippen LogP contribution in [0.15, 0.2) is 53.5 Å². The van der Waals surface area contributed by atoms with E-state index in [0.29, 0.717) is 63.7 Å². The van der Waals surface area contributed by atoms with Gasteiger partial charge in [0.05, 0.1) is 0 Å². The zero-order valence-corrected chi connectivity index (χ0v) is 27.1. The number of rotatable bonds is 19. The smallest absolute Gasteiger partial charge is 0.244 e. The van der Waals surface area contributed by atoms with Crippen LogP contribution in [0.2, 0.25) is 0 Å². The number of hydrogen-bond donors (Lipinski definition) is 9. The molecule has 1 aliphatic rings. The maximum Gasteiger partial charge on any atom is 0.244 e. The molecule has 0 unspecified atom stereocenters. The summed E-state index contributed by atoms with van der Waals surface area (Å²) in [6.07, 6.45) is 3.58. The molecule has 0 aliphatic carbocycles. The molecule has 4 amide bonds. The van der Waals surface area contributed by atoms with Gasteiger partial charge in [-0.3, -0.25) is 24.2 Å². The number of primary amides is 1. The number of carbonyl (C=O) groups excluding carboxylic acids is 4. The number of phenolic OH excluding ortho intramolecular Hbond substituents is 2. The van der Waals surface area contributed by atoms with E-state index in [4.69, 9.17) is 22.9 Å². The highest BCUT2D eigenvalue weighted by Gasteiger charge is 2.39. The van der Waals surface area contributed by atoms with Crippen molar-refractivity contribution in [1.29, 1.82) is 0 Å². The van der Waals surface area contributed by atoms with Crippen molar-refractivity contribution in [2.24, 2.45) is 27.9 Å².